The minimum absolute atomic E-state index is 0.0481. The standard InChI is InChI=1S/C39H37BrCl2N4O3/c40-30-20-29-12-11-28-21-31(41)22-33(42)35(28)36(37(29)43-23-30)26-14-17-45(18-15-26)34(47)19-25-13-16-46(24-25)39(49-32-9-5-2-6-10-32)44-38(48)27-7-3-1-4-8-27/h1-10,20-23,25-26,36H,11-19,24H2. The number of hydrogen-bond acceptors (Lipinski definition) is 4. The van der Waals surface area contributed by atoms with E-state index >= 15 is 0 Å². The highest BCUT2D eigenvalue weighted by Gasteiger charge is 2.37. The predicted octanol–water partition coefficient (Wildman–Crippen LogP) is 8.61. The number of amidine groups is 1. The Labute approximate surface area is 305 Å². The number of amides is 2. The maximum absolute atomic E-state index is 13.7. The van der Waals surface area contributed by atoms with Gasteiger partial charge >= 0.3 is 6.02 Å². The van der Waals surface area contributed by atoms with E-state index < -0.39 is 0 Å². The molecule has 0 N–H and O–H groups in total. The first-order valence-electron chi connectivity index (χ1n) is 16.9. The lowest BCUT2D eigenvalue weighted by atomic mass is 9.76. The van der Waals surface area contributed by atoms with Crippen molar-refractivity contribution in [1.29, 1.82) is 0 Å². The highest BCUT2D eigenvalue weighted by atomic mass is 79.9. The minimum Gasteiger partial charge on any atom is -0.426 e. The third kappa shape index (κ3) is 7.72. The van der Waals surface area contributed by atoms with Gasteiger partial charge in [0.15, 0.2) is 0 Å². The van der Waals surface area contributed by atoms with Crippen LogP contribution < -0.4 is 4.74 Å². The van der Waals surface area contributed by atoms with Gasteiger partial charge in [-0.05, 0) is 119 Å². The summed E-state index contributed by atoms with van der Waals surface area (Å²) in [6, 6.07) is 24.7. The second kappa shape index (κ2) is 15.0. The Bertz CT molecular complexity index is 1870. The van der Waals surface area contributed by atoms with Gasteiger partial charge in [0.05, 0.1) is 5.69 Å². The van der Waals surface area contributed by atoms with Gasteiger partial charge in [-0.25, -0.2) is 0 Å². The summed E-state index contributed by atoms with van der Waals surface area (Å²) in [7, 11) is 0. The van der Waals surface area contributed by atoms with Gasteiger partial charge in [-0.1, -0.05) is 59.6 Å². The second-order valence-electron chi connectivity index (χ2n) is 13.1. The molecule has 2 fully saturated rings. The quantitative estimate of drug-likeness (QED) is 0.151. The zero-order valence-electron chi connectivity index (χ0n) is 27.0. The molecule has 252 valence electrons. The summed E-state index contributed by atoms with van der Waals surface area (Å²) < 4.78 is 7.12. The number of hydrogen-bond donors (Lipinski definition) is 0. The molecule has 2 atom stereocenters. The lowest BCUT2D eigenvalue weighted by molar-refractivity contribution is -0.133. The lowest BCUT2D eigenvalue weighted by Gasteiger charge is -2.37. The second-order valence-corrected chi connectivity index (χ2v) is 14.9. The molecule has 4 aromatic rings. The number of nitrogens with zero attached hydrogens (tertiary/aromatic N) is 4. The van der Waals surface area contributed by atoms with Crippen LogP contribution in [0.2, 0.25) is 10.0 Å². The Kier molecular flexibility index (Phi) is 10.4. The van der Waals surface area contributed by atoms with Crippen molar-refractivity contribution in [3.8, 4) is 5.75 Å². The molecule has 0 spiro atoms. The molecule has 0 saturated carbocycles. The van der Waals surface area contributed by atoms with Crippen LogP contribution in [0.15, 0.2) is 94.5 Å². The molecular formula is C39H37BrCl2N4O3. The van der Waals surface area contributed by atoms with E-state index in [4.69, 9.17) is 32.9 Å². The maximum atomic E-state index is 13.7. The third-order valence-corrected chi connectivity index (χ3v) is 10.9. The fraction of sp³-hybridized carbons (Fsp3) is 0.333. The van der Waals surface area contributed by atoms with Gasteiger partial charge in [0, 0.05) is 64.8 Å². The van der Waals surface area contributed by atoms with Crippen molar-refractivity contribution < 1.29 is 14.3 Å². The van der Waals surface area contributed by atoms with E-state index in [-0.39, 0.29) is 29.7 Å². The number of para-hydroxylation sites is 1. The number of halogens is 3. The number of aryl methyl sites for hydroxylation is 2. The van der Waals surface area contributed by atoms with Crippen molar-refractivity contribution in [2.75, 3.05) is 26.2 Å². The fourth-order valence-electron chi connectivity index (χ4n) is 7.55. The third-order valence-electron chi connectivity index (χ3n) is 9.97. The van der Waals surface area contributed by atoms with E-state index in [0.29, 0.717) is 59.9 Å². The van der Waals surface area contributed by atoms with Crippen LogP contribution in [0, 0.1) is 11.8 Å². The maximum Gasteiger partial charge on any atom is 0.301 e. The van der Waals surface area contributed by atoms with Crippen LogP contribution in [0.1, 0.15) is 64.3 Å². The molecule has 1 aliphatic carbocycles. The lowest BCUT2D eigenvalue weighted by Crippen LogP contribution is -2.41. The van der Waals surface area contributed by atoms with Crippen molar-refractivity contribution in [2.24, 2.45) is 16.8 Å². The van der Waals surface area contributed by atoms with Gasteiger partial charge in [0.2, 0.25) is 5.91 Å². The summed E-state index contributed by atoms with van der Waals surface area (Å²) in [5.41, 5.74) is 5.14. The van der Waals surface area contributed by atoms with Crippen LogP contribution in [0.5, 0.6) is 5.75 Å². The molecule has 3 heterocycles. The molecule has 10 heteroatoms. The normalized spacial score (nSPS) is 19.6. The van der Waals surface area contributed by atoms with Gasteiger partial charge in [-0.3, -0.25) is 14.6 Å². The number of likely N-dealkylation sites (tertiary alicyclic amines) is 2. The van der Waals surface area contributed by atoms with E-state index in [1.807, 2.05) is 70.6 Å². The number of benzene rings is 3. The molecule has 2 aliphatic heterocycles. The molecule has 2 saturated heterocycles. The number of pyridine rings is 1. The molecule has 7 rings (SSSR count). The molecular weight excluding hydrogens is 723 g/mol. The van der Waals surface area contributed by atoms with E-state index in [1.165, 1.54) is 11.1 Å². The average Bonchev–Trinajstić information content (AvgIpc) is 3.51. The molecule has 2 unspecified atom stereocenters. The van der Waals surface area contributed by atoms with Gasteiger partial charge in [-0.15, -0.1) is 0 Å². The fourth-order valence-corrected chi connectivity index (χ4v) is 8.58. The molecule has 0 bridgehead atoms. The highest BCUT2D eigenvalue weighted by molar-refractivity contribution is 9.10. The van der Waals surface area contributed by atoms with Crippen molar-refractivity contribution in [2.45, 2.75) is 44.4 Å². The molecule has 2 amide bonds. The first-order chi connectivity index (χ1) is 23.8. The summed E-state index contributed by atoms with van der Waals surface area (Å²) in [4.78, 5) is 40.1. The number of aromatic nitrogens is 1. The van der Waals surface area contributed by atoms with Crippen LogP contribution in [0.4, 0.5) is 0 Å². The van der Waals surface area contributed by atoms with Crippen molar-refractivity contribution in [3.05, 3.63) is 128 Å². The number of carbonyl (C=O) groups is 2. The Morgan fingerprint density at radius 1 is 0.878 bits per heavy atom. The van der Waals surface area contributed by atoms with E-state index in [1.54, 1.807) is 12.1 Å². The van der Waals surface area contributed by atoms with Gasteiger partial charge < -0.3 is 14.5 Å². The van der Waals surface area contributed by atoms with Crippen molar-refractivity contribution in [1.82, 2.24) is 14.8 Å². The van der Waals surface area contributed by atoms with Crippen LogP contribution in [0.25, 0.3) is 0 Å². The van der Waals surface area contributed by atoms with Crippen molar-refractivity contribution in [3.63, 3.8) is 0 Å². The van der Waals surface area contributed by atoms with E-state index in [2.05, 4.69) is 33.1 Å². The summed E-state index contributed by atoms with van der Waals surface area (Å²) in [5, 5.41) is 1.35. The highest BCUT2D eigenvalue weighted by Crippen LogP contribution is 2.46. The predicted molar refractivity (Wildman–Crippen MR) is 197 cm³/mol. The minimum atomic E-state index is -0.361. The molecule has 3 aromatic carbocycles. The molecule has 1 aromatic heterocycles. The largest absolute Gasteiger partial charge is 0.426 e. The number of carbonyl (C=O) groups excluding carboxylic acids is 2. The first-order valence-corrected chi connectivity index (χ1v) is 18.4. The van der Waals surface area contributed by atoms with Gasteiger partial charge in [0.1, 0.15) is 5.75 Å². The van der Waals surface area contributed by atoms with Crippen LogP contribution in [-0.4, -0.2) is 58.8 Å². The summed E-state index contributed by atoms with van der Waals surface area (Å²) >= 11 is 17.0. The van der Waals surface area contributed by atoms with Gasteiger partial charge in [0.25, 0.3) is 5.91 Å². The first kappa shape index (κ1) is 33.8. The average molecular weight is 761 g/mol. The van der Waals surface area contributed by atoms with E-state index in [9.17, 15) is 9.59 Å². The topological polar surface area (TPSA) is 75.1 Å². The Morgan fingerprint density at radius 3 is 2.33 bits per heavy atom. The molecule has 49 heavy (non-hydrogen) atoms. The summed E-state index contributed by atoms with van der Waals surface area (Å²) in [5.74, 6) is 0.891. The van der Waals surface area contributed by atoms with Gasteiger partial charge in [-0.2, -0.15) is 4.99 Å². The monoisotopic (exact) mass is 758 g/mol. The smallest absolute Gasteiger partial charge is 0.301 e. The van der Waals surface area contributed by atoms with Crippen LogP contribution >= 0.6 is 39.1 Å². The Hall–Kier alpha value is -3.72. The number of fused-ring (bicyclic) bond motifs is 2. The molecule has 7 nitrogen and oxygen atoms in total. The summed E-state index contributed by atoms with van der Waals surface area (Å²) in [6.45, 7) is 2.63. The van der Waals surface area contributed by atoms with Crippen molar-refractivity contribution >= 4 is 57.0 Å². The Morgan fingerprint density at radius 2 is 1.57 bits per heavy atom. The number of aliphatic imine (C=N–C) groups is 1. The van der Waals surface area contributed by atoms with Crippen LogP contribution in [-0.2, 0) is 17.6 Å². The van der Waals surface area contributed by atoms with E-state index in [0.717, 1.165) is 47.8 Å². The SMILES string of the molecule is O=C(N=C(Oc1ccccc1)N1CCC(CC(=O)N2CCC(C3c4ncc(Br)cc4CCc4cc(Cl)cc(Cl)c43)CC2)C1)c1ccccc1. The van der Waals surface area contributed by atoms with Crippen LogP contribution in [0.3, 0.4) is 0 Å². The molecule has 3 aliphatic rings. The molecule has 0 radical (unpaired) electrons. The zero-order chi connectivity index (χ0) is 33.9. The zero-order valence-corrected chi connectivity index (χ0v) is 30.1. The number of ether oxygens (including phenoxy) is 1. The Balaban J connectivity index is 1.02. The number of piperidine rings is 1. The number of rotatable bonds is 5. The summed E-state index contributed by atoms with van der Waals surface area (Å²) in [6.07, 6.45) is 6.61.